The fourth-order valence-corrected chi connectivity index (χ4v) is 4.44. The summed E-state index contributed by atoms with van der Waals surface area (Å²) < 4.78 is 10.9. The maximum atomic E-state index is 11.9. The van der Waals surface area contributed by atoms with E-state index in [4.69, 9.17) is 9.47 Å². The van der Waals surface area contributed by atoms with E-state index in [2.05, 4.69) is 16.0 Å². The molecule has 6 nitrogen and oxygen atoms in total. The molecule has 0 saturated heterocycles. The van der Waals surface area contributed by atoms with Crippen molar-refractivity contribution in [2.24, 2.45) is 0 Å². The van der Waals surface area contributed by atoms with Crippen LogP contribution in [0.15, 0.2) is 24.3 Å². The Bertz CT molecular complexity index is 1100. The van der Waals surface area contributed by atoms with Gasteiger partial charge in [0.25, 0.3) is 0 Å². The van der Waals surface area contributed by atoms with E-state index in [0.29, 0.717) is 6.54 Å². The van der Waals surface area contributed by atoms with Crippen molar-refractivity contribution in [1.29, 1.82) is 0 Å². The summed E-state index contributed by atoms with van der Waals surface area (Å²) in [5.41, 5.74) is 6.69. The van der Waals surface area contributed by atoms with Gasteiger partial charge in [0.05, 0.1) is 14.2 Å². The van der Waals surface area contributed by atoms with Crippen LogP contribution in [0.1, 0.15) is 38.3 Å². The van der Waals surface area contributed by atoms with Gasteiger partial charge >= 0.3 is 5.97 Å². The minimum Gasteiger partial charge on any atom is -0.493 e. The fourth-order valence-electron chi connectivity index (χ4n) is 4.44. The predicted molar refractivity (Wildman–Crippen MR) is 112 cm³/mol. The van der Waals surface area contributed by atoms with Crippen LogP contribution in [-0.2, 0) is 19.5 Å². The number of aromatic nitrogens is 1. The molecule has 152 valence electrons. The predicted octanol–water partition coefficient (Wildman–Crippen LogP) is 4.06. The largest absolute Gasteiger partial charge is 0.493 e. The van der Waals surface area contributed by atoms with Crippen molar-refractivity contribution in [3.63, 3.8) is 0 Å². The Morgan fingerprint density at radius 1 is 1.10 bits per heavy atom. The van der Waals surface area contributed by atoms with Gasteiger partial charge in [0, 0.05) is 36.1 Å². The molecule has 29 heavy (non-hydrogen) atoms. The van der Waals surface area contributed by atoms with Crippen LogP contribution in [0.3, 0.4) is 0 Å². The summed E-state index contributed by atoms with van der Waals surface area (Å²) in [5, 5.41) is 10.8. The van der Waals surface area contributed by atoms with E-state index in [9.17, 15) is 9.90 Å². The number of H-pyrrole nitrogens is 1. The standard InChI is InChI=1S/C23H26N2O4/c1-13-7-14(2)21-17(22(23(26)27)24-18(21)8-13)12-25-6-5-15-9-19(28-3)20(29-4)10-16(15)11-25/h7-10,24H,5-6,11-12H2,1-4H3,(H,26,27). The summed E-state index contributed by atoms with van der Waals surface area (Å²) in [6.07, 6.45) is 0.887. The summed E-state index contributed by atoms with van der Waals surface area (Å²) in [4.78, 5) is 17.3. The molecule has 0 atom stereocenters. The first-order valence-corrected chi connectivity index (χ1v) is 9.72. The van der Waals surface area contributed by atoms with Crippen molar-refractivity contribution in [3.05, 3.63) is 57.8 Å². The average molecular weight is 394 g/mol. The second kappa shape index (κ2) is 7.44. The number of hydrogen-bond donors (Lipinski definition) is 2. The van der Waals surface area contributed by atoms with Gasteiger partial charge < -0.3 is 19.6 Å². The number of carboxylic acid groups (broad SMARTS) is 1. The van der Waals surface area contributed by atoms with E-state index in [0.717, 1.165) is 58.6 Å². The first-order valence-electron chi connectivity index (χ1n) is 9.72. The molecule has 0 unspecified atom stereocenters. The molecule has 1 aliphatic heterocycles. The molecular formula is C23H26N2O4. The zero-order chi connectivity index (χ0) is 20.7. The van der Waals surface area contributed by atoms with Crippen LogP contribution in [0.2, 0.25) is 0 Å². The van der Waals surface area contributed by atoms with Crippen molar-refractivity contribution in [2.75, 3.05) is 20.8 Å². The number of nitrogens with one attached hydrogen (secondary N) is 1. The second-order valence-corrected chi connectivity index (χ2v) is 7.72. The van der Waals surface area contributed by atoms with Gasteiger partial charge in [-0.3, -0.25) is 4.90 Å². The number of carbonyl (C=O) groups is 1. The number of carboxylic acids is 1. The summed E-state index contributed by atoms with van der Waals surface area (Å²) >= 11 is 0. The molecule has 0 aliphatic carbocycles. The number of aryl methyl sites for hydroxylation is 2. The second-order valence-electron chi connectivity index (χ2n) is 7.72. The molecule has 0 radical (unpaired) electrons. The van der Waals surface area contributed by atoms with Crippen LogP contribution in [-0.4, -0.2) is 41.7 Å². The fraction of sp³-hybridized carbons (Fsp3) is 0.348. The zero-order valence-corrected chi connectivity index (χ0v) is 17.3. The molecule has 6 heteroatoms. The molecular weight excluding hydrogens is 368 g/mol. The molecule has 3 aromatic rings. The molecule has 1 aromatic heterocycles. The van der Waals surface area contributed by atoms with E-state index in [-0.39, 0.29) is 5.69 Å². The van der Waals surface area contributed by atoms with E-state index >= 15 is 0 Å². The van der Waals surface area contributed by atoms with Crippen LogP contribution in [0.4, 0.5) is 0 Å². The molecule has 0 saturated carbocycles. The number of aromatic amines is 1. The Balaban J connectivity index is 1.70. The monoisotopic (exact) mass is 394 g/mol. The molecule has 4 rings (SSSR count). The summed E-state index contributed by atoms with van der Waals surface area (Å²) in [5.74, 6) is 0.547. The van der Waals surface area contributed by atoms with E-state index in [1.807, 2.05) is 32.0 Å². The lowest BCUT2D eigenvalue weighted by molar-refractivity contribution is 0.0689. The van der Waals surface area contributed by atoms with E-state index < -0.39 is 5.97 Å². The van der Waals surface area contributed by atoms with E-state index in [1.165, 1.54) is 11.1 Å². The number of nitrogens with zero attached hydrogens (tertiary/aromatic N) is 1. The highest BCUT2D eigenvalue weighted by Crippen LogP contribution is 2.35. The first kappa shape index (κ1) is 19.3. The van der Waals surface area contributed by atoms with Crippen molar-refractivity contribution in [1.82, 2.24) is 9.88 Å². The van der Waals surface area contributed by atoms with Gasteiger partial charge in [-0.05, 0) is 60.7 Å². The lowest BCUT2D eigenvalue weighted by Gasteiger charge is -2.29. The molecule has 2 heterocycles. The Labute approximate surface area is 170 Å². The maximum Gasteiger partial charge on any atom is 0.352 e. The van der Waals surface area contributed by atoms with Gasteiger partial charge in [0.1, 0.15) is 5.69 Å². The Morgan fingerprint density at radius 3 is 2.45 bits per heavy atom. The molecule has 2 aromatic carbocycles. The minimum absolute atomic E-state index is 0.284. The molecule has 0 bridgehead atoms. The smallest absolute Gasteiger partial charge is 0.352 e. The SMILES string of the molecule is COc1cc2c(cc1OC)CN(Cc1c(C(=O)O)[nH]c3cc(C)cc(C)c13)CC2. The Hall–Kier alpha value is -2.99. The van der Waals surface area contributed by atoms with Gasteiger partial charge in [-0.2, -0.15) is 0 Å². The van der Waals surface area contributed by atoms with Crippen molar-refractivity contribution < 1.29 is 19.4 Å². The maximum absolute atomic E-state index is 11.9. The summed E-state index contributed by atoms with van der Waals surface area (Å²) in [7, 11) is 3.29. The number of ether oxygens (including phenoxy) is 2. The van der Waals surface area contributed by atoms with Gasteiger partial charge in [-0.15, -0.1) is 0 Å². The number of rotatable bonds is 5. The molecule has 2 N–H and O–H groups in total. The lowest BCUT2D eigenvalue weighted by atomic mass is 9.97. The third-order valence-electron chi connectivity index (χ3n) is 5.74. The van der Waals surface area contributed by atoms with Gasteiger partial charge in [-0.25, -0.2) is 4.79 Å². The number of aromatic carboxylic acids is 1. The van der Waals surface area contributed by atoms with E-state index in [1.54, 1.807) is 14.2 Å². The lowest BCUT2D eigenvalue weighted by Crippen LogP contribution is -2.30. The third kappa shape index (κ3) is 3.44. The quantitative estimate of drug-likeness (QED) is 0.683. The average Bonchev–Trinajstić information content (AvgIpc) is 3.05. The number of hydrogen-bond acceptors (Lipinski definition) is 4. The highest BCUT2D eigenvalue weighted by Gasteiger charge is 2.24. The first-order chi connectivity index (χ1) is 13.9. The molecule has 0 spiro atoms. The van der Waals surface area contributed by atoms with Crippen LogP contribution < -0.4 is 9.47 Å². The zero-order valence-electron chi connectivity index (χ0n) is 17.3. The van der Waals surface area contributed by atoms with Crippen LogP contribution in [0, 0.1) is 13.8 Å². The van der Waals surface area contributed by atoms with Crippen LogP contribution in [0.5, 0.6) is 11.5 Å². The van der Waals surface area contributed by atoms with Crippen molar-refractivity contribution >= 4 is 16.9 Å². The highest BCUT2D eigenvalue weighted by atomic mass is 16.5. The molecule has 0 amide bonds. The summed E-state index contributed by atoms with van der Waals surface area (Å²) in [6, 6.07) is 8.20. The Kier molecular flexibility index (Phi) is 4.96. The molecule has 1 aliphatic rings. The Morgan fingerprint density at radius 2 is 1.79 bits per heavy atom. The highest BCUT2D eigenvalue weighted by molar-refractivity contribution is 5.99. The number of benzene rings is 2. The van der Waals surface area contributed by atoms with Crippen LogP contribution >= 0.6 is 0 Å². The number of methoxy groups -OCH3 is 2. The minimum atomic E-state index is -0.919. The van der Waals surface area contributed by atoms with Crippen molar-refractivity contribution in [2.45, 2.75) is 33.4 Å². The topological polar surface area (TPSA) is 74.8 Å². The summed E-state index contributed by atoms with van der Waals surface area (Å²) in [6.45, 7) is 6.25. The number of fused-ring (bicyclic) bond motifs is 2. The van der Waals surface area contributed by atoms with Gasteiger partial charge in [-0.1, -0.05) is 6.07 Å². The molecule has 0 fully saturated rings. The third-order valence-corrected chi connectivity index (χ3v) is 5.74. The van der Waals surface area contributed by atoms with Crippen molar-refractivity contribution in [3.8, 4) is 11.5 Å². The van der Waals surface area contributed by atoms with Gasteiger partial charge in [0.2, 0.25) is 0 Å². The van der Waals surface area contributed by atoms with Gasteiger partial charge in [0.15, 0.2) is 11.5 Å². The van der Waals surface area contributed by atoms with Crippen LogP contribution in [0.25, 0.3) is 10.9 Å². The normalized spacial score (nSPS) is 14.1.